The molecule has 0 heterocycles. The summed E-state index contributed by atoms with van der Waals surface area (Å²) in [5.74, 6) is 4.00. The van der Waals surface area contributed by atoms with Gasteiger partial charge in [0.2, 0.25) is 0 Å². The number of hydrogen-bond donors (Lipinski definition) is 0. The van der Waals surface area contributed by atoms with Crippen molar-refractivity contribution >= 4 is 27.8 Å². The zero-order chi connectivity index (χ0) is 38.1. The summed E-state index contributed by atoms with van der Waals surface area (Å²) in [4.78, 5) is 2.54. The Labute approximate surface area is 341 Å². The third-order valence-electron chi connectivity index (χ3n) is 15.7. The highest BCUT2D eigenvalue weighted by Crippen LogP contribution is 2.55. The van der Waals surface area contributed by atoms with E-state index in [1.807, 2.05) is 0 Å². The second kappa shape index (κ2) is 14.3. The van der Waals surface area contributed by atoms with Gasteiger partial charge >= 0.3 is 0 Å². The van der Waals surface area contributed by atoms with Crippen LogP contribution in [0, 0.1) is 11.8 Å². The lowest BCUT2D eigenvalue weighted by atomic mass is 9.81. The second-order valence-electron chi connectivity index (χ2n) is 19.4. The van der Waals surface area contributed by atoms with E-state index in [0.717, 1.165) is 23.7 Å². The maximum Gasteiger partial charge on any atom is 0.0468 e. The zero-order valence-electron chi connectivity index (χ0n) is 34.3. The van der Waals surface area contributed by atoms with Crippen LogP contribution in [0.15, 0.2) is 121 Å². The number of rotatable bonds is 7. The Morgan fingerprint density at radius 2 is 1.12 bits per heavy atom. The Kier molecular flexibility index (Phi) is 8.94. The van der Waals surface area contributed by atoms with E-state index in [1.165, 1.54) is 162 Å². The molecule has 3 atom stereocenters. The SMILES string of the molecule is CC1(C)c2cc(N(c3ccc(C4CC5CCC4C5)cc3)c3ccc4ccc(C5CCCCC5)cc4c3)ccc2-c2c(-c3ccc(C4CCCCC4)cc3)cccc21. The van der Waals surface area contributed by atoms with E-state index in [9.17, 15) is 0 Å². The van der Waals surface area contributed by atoms with Gasteiger partial charge in [-0.3, -0.25) is 0 Å². The highest BCUT2D eigenvalue weighted by Gasteiger charge is 2.40. The summed E-state index contributed by atoms with van der Waals surface area (Å²) in [5, 5.41) is 2.68. The maximum atomic E-state index is 2.54. The zero-order valence-corrected chi connectivity index (χ0v) is 34.3. The lowest BCUT2D eigenvalue weighted by molar-refractivity contribution is 0.420. The molecule has 0 spiro atoms. The van der Waals surface area contributed by atoms with Gasteiger partial charge in [-0.25, -0.2) is 0 Å². The summed E-state index contributed by atoms with van der Waals surface area (Å²) in [5.41, 5.74) is 16.6. The minimum atomic E-state index is -0.117. The van der Waals surface area contributed by atoms with Gasteiger partial charge in [0.1, 0.15) is 0 Å². The van der Waals surface area contributed by atoms with Gasteiger partial charge in [0, 0.05) is 22.5 Å². The van der Waals surface area contributed by atoms with E-state index in [4.69, 9.17) is 0 Å². The molecule has 4 fully saturated rings. The summed E-state index contributed by atoms with van der Waals surface area (Å²) in [6, 6.07) is 48.3. The van der Waals surface area contributed by atoms with Crippen LogP contribution in [0.25, 0.3) is 33.0 Å². The third kappa shape index (κ3) is 6.27. The molecule has 0 N–H and O–H groups in total. The minimum Gasteiger partial charge on any atom is -0.310 e. The molecule has 1 nitrogen and oxygen atoms in total. The van der Waals surface area contributed by atoms with Crippen LogP contribution < -0.4 is 4.90 Å². The molecule has 0 aromatic heterocycles. The van der Waals surface area contributed by atoms with Crippen LogP contribution in [0.4, 0.5) is 17.1 Å². The maximum absolute atomic E-state index is 2.54. The van der Waals surface area contributed by atoms with E-state index < -0.39 is 0 Å². The molecule has 288 valence electrons. The Balaban J connectivity index is 0.995. The molecule has 2 bridgehead atoms. The summed E-state index contributed by atoms with van der Waals surface area (Å²) in [6.45, 7) is 4.88. The molecular weight excluding hydrogens is 687 g/mol. The molecule has 11 rings (SSSR count). The van der Waals surface area contributed by atoms with Crippen molar-refractivity contribution in [1.82, 2.24) is 0 Å². The van der Waals surface area contributed by atoms with Gasteiger partial charge in [0.25, 0.3) is 0 Å². The lowest BCUT2D eigenvalue weighted by Gasteiger charge is -2.29. The molecule has 57 heavy (non-hydrogen) atoms. The van der Waals surface area contributed by atoms with Crippen molar-refractivity contribution in [3.8, 4) is 22.3 Å². The van der Waals surface area contributed by atoms with Crippen molar-refractivity contribution in [2.75, 3.05) is 4.90 Å². The van der Waals surface area contributed by atoms with Crippen LogP contribution >= 0.6 is 0 Å². The quantitative estimate of drug-likeness (QED) is 0.157. The van der Waals surface area contributed by atoms with Gasteiger partial charge < -0.3 is 4.90 Å². The topological polar surface area (TPSA) is 3.24 Å². The van der Waals surface area contributed by atoms with Gasteiger partial charge in [0.05, 0.1) is 0 Å². The fourth-order valence-electron chi connectivity index (χ4n) is 12.6. The Morgan fingerprint density at radius 3 is 1.84 bits per heavy atom. The predicted octanol–water partition coefficient (Wildman–Crippen LogP) is 16.3. The summed E-state index contributed by atoms with van der Waals surface area (Å²) in [7, 11) is 0. The molecule has 0 radical (unpaired) electrons. The Bertz CT molecular complexity index is 2420. The van der Waals surface area contributed by atoms with Crippen molar-refractivity contribution in [3.63, 3.8) is 0 Å². The van der Waals surface area contributed by atoms with Crippen LogP contribution in [0.3, 0.4) is 0 Å². The third-order valence-corrected chi connectivity index (χ3v) is 15.7. The summed E-state index contributed by atoms with van der Waals surface area (Å²) >= 11 is 0. The van der Waals surface area contributed by atoms with Crippen LogP contribution in [0.2, 0.25) is 0 Å². The Hall–Kier alpha value is -4.62. The van der Waals surface area contributed by atoms with E-state index in [1.54, 1.807) is 5.56 Å². The number of hydrogen-bond acceptors (Lipinski definition) is 1. The first-order valence-electron chi connectivity index (χ1n) is 22.8. The molecule has 3 unspecified atom stereocenters. The van der Waals surface area contributed by atoms with Crippen LogP contribution in [0.1, 0.15) is 149 Å². The average molecular weight is 746 g/mol. The molecule has 4 saturated carbocycles. The fraction of sp³-hybridized carbons (Fsp3) is 0.393. The van der Waals surface area contributed by atoms with Gasteiger partial charge in [-0.2, -0.15) is 0 Å². The molecule has 1 heteroatoms. The van der Waals surface area contributed by atoms with Crippen LogP contribution in [-0.2, 0) is 5.41 Å². The largest absolute Gasteiger partial charge is 0.310 e. The summed E-state index contributed by atoms with van der Waals surface area (Å²) in [6.07, 6.45) is 19.3. The van der Waals surface area contributed by atoms with Crippen molar-refractivity contribution in [2.45, 2.75) is 127 Å². The second-order valence-corrected chi connectivity index (χ2v) is 19.4. The van der Waals surface area contributed by atoms with Crippen molar-refractivity contribution in [3.05, 3.63) is 149 Å². The first kappa shape index (κ1) is 35.5. The van der Waals surface area contributed by atoms with Crippen LogP contribution in [-0.4, -0.2) is 0 Å². The van der Waals surface area contributed by atoms with E-state index in [2.05, 4.69) is 140 Å². The highest BCUT2D eigenvalue weighted by molar-refractivity contribution is 5.95. The first-order valence-corrected chi connectivity index (χ1v) is 22.8. The molecule has 0 saturated heterocycles. The van der Waals surface area contributed by atoms with E-state index >= 15 is 0 Å². The minimum absolute atomic E-state index is 0.117. The van der Waals surface area contributed by atoms with Gasteiger partial charge in [-0.15, -0.1) is 0 Å². The standard InChI is InChI=1S/C56H59N/c1-56(2)53-15-9-14-50(42-21-18-40(19-22-42)38-10-5-3-6-11-38)55(53)51-31-30-49(36-54(51)56)57(47-27-25-43(26-28-47)52-33-37-16-17-45(52)32-37)48-29-24-41-20-23-44(34-46(41)35-48)39-12-7-4-8-13-39/h9,14-15,18-31,34-39,45,52H,3-8,10-13,16-17,32-33H2,1-2H3. The average Bonchev–Trinajstić information content (AvgIpc) is 3.97. The molecule has 6 aromatic carbocycles. The van der Waals surface area contributed by atoms with Crippen LogP contribution in [0.5, 0.6) is 0 Å². The molecule has 5 aliphatic rings. The van der Waals surface area contributed by atoms with Crippen molar-refractivity contribution in [2.24, 2.45) is 11.8 Å². The Morgan fingerprint density at radius 1 is 0.474 bits per heavy atom. The molecule has 0 amide bonds. The molecule has 6 aromatic rings. The number of anilines is 3. The number of benzene rings is 6. The van der Waals surface area contributed by atoms with Gasteiger partial charge in [0.15, 0.2) is 0 Å². The normalized spacial score (nSPS) is 22.8. The highest BCUT2D eigenvalue weighted by atomic mass is 15.1. The van der Waals surface area contributed by atoms with E-state index in [0.29, 0.717) is 5.92 Å². The lowest BCUT2D eigenvalue weighted by Crippen LogP contribution is -2.16. The monoisotopic (exact) mass is 745 g/mol. The van der Waals surface area contributed by atoms with Crippen molar-refractivity contribution < 1.29 is 0 Å². The smallest absolute Gasteiger partial charge is 0.0468 e. The molecule has 5 aliphatic carbocycles. The van der Waals surface area contributed by atoms with Crippen molar-refractivity contribution in [1.29, 1.82) is 0 Å². The fourth-order valence-corrected chi connectivity index (χ4v) is 12.6. The number of nitrogens with zero attached hydrogens (tertiary/aromatic N) is 1. The molecule has 0 aliphatic heterocycles. The molecular formula is C56H59N. The first-order chi connectivity index (χ1) is 28.0. The summed E-state index contributed by atoms with van der Waals surface area (Å²) < 4.78 is 0. The van der Waals surface area contributed by atoms with Gasteiger partial charge in [-0.1, -0.05) is 144 Å². The van der Waals surface area contributed by atoms with Gasteiger partial charge in [-0.05, 0) is 172 Å². The number of fused-ring (bicyclic) bond motifs is 6. The predicted molar refractivity (Wildman–Crippen MR) is 241 cm³/mol. The van der Waals surface area contributed by atoms with E-state index in [-0.39, 0.29) is 5.41 Å².